The molecule has 5 heteroatoms. The maximum atomic E-state index is 11.8. The Balaban J connectivity index is 2.07. The van der Waals surface area contributed by atoms with Gasteiger partial charge in [-0.25, -0.2) is 4.79 Å². The van der Waals surface area contributed by atoms with Gasteiger partial charge in [-0.2, -0.15) is 0 Å². The second kappa shape index (κ2) is 5.61. The average Bonchev–Trinajstić information content (AvgIpc) is 2.87. The van der Waals surface area contributed by atoms with Gasteiger partial charge in [0, 0.05) is 5.69 Å². The van der Waals surface area contributed by atoms with Crippen molar-refractivity contribution in [2.45, 2.75) is 20.8 Å². The first-order valence-electron chi connectivity index (χ1n) is 6.21. The highest BCUT2D eigenvalue weighted by Crippen LogP contribution is 2.21. The Morgan fingerprint density at radius 3 is 2.30 bits per heavy atom. The molecule has 0 fully saturated rings. The maximum Gasteiger partial charge on any atom is 0.326 e. The number of anilines is 1. The van der Waals surface area contributed by atoms with E-state index in [1.165, 1.54) is 12.3 Å². The minimum Gasteiger partial charge on any atom is -0.459 e. The number of aryl methyl sites for hydroxylation is 3. The van der Waals surface area contributed by atoms with Gasteiger partial charge in [-0.3, -0.25) is 10.1 Å². The van der Waals surface area contributed by atoms with Crippen LogP contribution < -0.4 is 10.6 Å². The number of furan rings is 1. The Morgan fingerprint density at radius 2 is 1.75 bits per heavy atom. The molecule has 104 valence electrons. The Kier molecular flexibility index (Phi) is 3.89. The van der Waals surface area contributed by atoms with Crippen LogP contribution in [0.25, 0.3) is 0 Å². The van der Waals surface area contributed by atoms with Crippen LogP contribution in [0.1, 0.15) is 27.2 Å². The summed E-state index contributed by atoms with van der Waals surface area (Å²) in [4.78, 5) is 23.5. The van der Waals surface area contributed by atoms with Crippen LogP contribution in [0.4, 0.5) is 10.5 Å². The van der Waals surface area contributed by atoms with E-state index in [4.69, 9.17) is 4.42 Å². The minimum atomic E-state index is -0.582. The summed E-state index contributed by atoms with van der Waals surface area (Å²) in [5, 5.41) is 4.90. The van der Waals surface area contributed by atoms with Crippen LogP contribution in [0.2, 0.25) is 0 Å². The van der Waals surface area contributed by atoms with Gasteiger partial charge in [-0.05, 0) is 44.0 Å². The normalized spacial score (nSPS) is 10.2. The van der Waals surface area contributed by atoms with Crippen LogP contribution in [0.5, 0.6) is 0 Å². The number of hydrogen-bond acceptors (Lipinski definition) is 3. The lowest BCUT2D eigenvalue weighted by Crippen LogP contribution is -2.34. The third kappa shape index (κ3) is 3.06. The molecule has 3 amide bonds. The van der Waals surface area contributed by atoms with Crippen LogP contribution in [0, 0.1) is 20.8 Å². The van der Waals surface area contributed by atoms with Crippen molar-refractivity contribution in [3.05, 3.63) is 53.0 Å². The number of rotatable bonds is 2. The van der Waals surface area contributed by atoms with E-state index < -0.39 is 11.9 Å². The van der Waals surface area contributed by atoms with Gasteiger partial charge >= 0.3 is 6.03 Å². The number of hydrogen-bond donors (Lipinski definition) is 2. The van der Waals surface area contributed by atoms with Crippen LogP contribution in [0.15, 0.2) is 34.9 Å². The van der Waals surface area contributed by atoms with Gasteiger partial charge in [0.15, 0.2) is 5.76 Å². The topological polar surface area (TPSA) is 71.3 Å². The van der Waals surface area contributed by atoms with E-state index in [9.17, 15) is 9.59 Å². The standard InChI is InChI=1S/C15H16N2O3/c1-9-7-10(2)13(11(3)8-9)16-15(19)17-14(18)12-5-4-6-20-12/h4-8H,1-3H3,(H2,16,17,18,19). The summed E-state index contributed by atoms with van der Waals surface area (Å²) in [6.07, 6.45) is 1.38. The van der Waals surface area contributed by atoms with Crippen molar-refractivity contribution in [1.82, 2.24) is 5.32 Å². The number of benzene rings is 1. The van der Waals surface area contributed by atoms with E-state index in [1.807, 2.05) is 32.9 Å². The summed E-state index contributed by atoms with van der Waals surface area (Å²) in [5.74, 6) is -0.479. The highest BCUT2D eigenvalue weighted by atomic mass is 16.3. The molecule has 0 aliphatic carbocycles. The van der Waals surface area contributed by atoms with Crippen molar-refractivity contribution in [1.29, 1.82) is 0 Å². The average molecular weight is 272 g/mol. The van der Waals surface area contributed by atoms with Crippen molar-refractivity contribution in [2.75, 3.05) is 5.32 Å². The van der Waals surface area contributed by atoms with Gasteiger partial charge in [0.05, 0.1) is 6.26 Å². The molecular formula is C15H16N2O3. The zero-order chi connectivity index (χ0) is 14.7. The van der Waals surface area contributed by atoms with Crippen molar-refractivity contribution in [2.24, 2.45) is 0 Å². The lowest BCUT2D eigenvalue weighted by atomic mass is 10.1. The van der Waals surface area contributed by atoms with E-state index in [2.05, 4.69) is 10.6 Å². The van der Waals surface area contributed by atoms with Gasteiger partial charge in [0.2, 0.25) is 0 Å². The van der Waals surface area contributed by atoms with Gasteiger partial charge in [0.25, 0.3) is 5.91 Å². The summed E-state index contributed by atoms with van der Waals surface area (Å²) < 4.78 is 4.92. The first kappa shape index (κ1) is 13.9. The zero-order valence-corrected chi connectivity index (χ0v) is 11.6. The number of amides is 3. The SMILES string of the molecule is Cc1cc(C)c(NC(=O)NC(=O)c2ccco2)c(C)c1. The number of carbonyl (C=O) groups is 2. The van der Waals surface area contributed by atoms with E-state index >= 15 is 0 Å². The summed E-state index contributed by atoms with van der Waals surface area (Å²) in [6, 6.07) is 6.43. The molecule has 1 aromatic carbocycles. The van der Waals surface area contributed by atoms with Crippen molar-refractivity contribution >= 4 is 17.6 Å². The van der Waals surface area contributed by atoms with Crippen LogP contribution in [-0.4, -0.2) is 11.9 Å². The third-order valence-corrected chi connectivity index (χ3v) is 2.89. The molecule has 0 atom stereocenters. The fourth-order valence-corrected chi connectivity index (χ4v) is 2.09. The number of carbonyl (C=O) groups excluding carboxylic acids is 2. The first-order chi connectivity index (χ1) is 9.47. The fourth-order valence-electron chi connectivity index (χ4n) is 2.09. The van der Waals surface area contributed by atoms with E-state index in [0.29, 0.717) is 5.69 Å². The lowest BCUT2D eigenvalue weighted by Gasteiger charge is -2.12. The highest BCUT2D eigenvalue weighted by Gasteiger charge is 2.14. The maximum absolute atomic E-state index is 11.8. The summed E-state index contributed by atoms with van der Waals surface area (Å²) >= 11 is 0. The van der Waals surface area contributed by atoms with Gasteiger partial charge in [-0.1, -0.05) is 17.7 Å². The number of urea groups is 1. The largest absolute Gasteiger partial charge is 0.459 e. The molecule has 0 radical (unpaired) electrons. The molecule has 0 bridgehead atoms. The molecule has 0 saturated heterocycles. The van der Waals surface area contributed by atoms with Crippen molar-refractivity contribution in [3.8, 4) is 0 Å². The van der Waals surface area contributed by atoms with E-state index in [0.717, 1.165) is 16.7 Å². The minimum absolute atomic E-state index is 0.0949. The molecular weight excluding hydrogens is 256 g/mol. The molecule has 2 aromatic rings. The van der Waals surface area contributed by atoms with Crippen molar-refractivity contribution < 1.29 is 14.0 Å². The van der Waals surface area contributed by atoms with Crippen LogP contribution >= 0.6 is 0 Å². The molecule has 0 aliphatic rings. The second-order valence-corrected chi connectivity index (χ2v) is 4.66. The smallest absolute Gasteiger partial charge is 0.326 e. The summed E-state index contributed by atoms with van der Waals surface area (Å²) in [6.45, 7) is 5.80. The Morgan fingerprint density at radius 1 is 1.10 bits per heavy atom. The molecule has 0 aliphatic heterocycles. The van der Waals surface area contributed by atoms with Crippen molar-refractivity contribution in [3.63, 3.8) is 0 Å². The van der Waals surface area contributed by atoms with E-state index in [1.54, 1.807) is 6.07 Å². The highest BCUT2D eigenvalue weighted by molar-refractivity contribution is 6.07. The molecule has 0 unspecified atom stereocenters. The Hall–Kier alpha value is -2.56. The molecule has 0 saturated carbocycles. The van der Waals surface area contributed by atoms with Gasteiger partial charge in [0.1, 0.15) is 0 Å². The molecule has 20 heavy (non-hydrogen) atoms. The Labute approximate surface area is 117 Å². The number of imide groups is 1. The second-order valence-electron chi connectivity index (χ2n) is 4.66. The Bertz CT molecular complexity index is 622. The predicted octanol–water partition coefficient (Wildman–Crippen LogP) is 3.17. The molecule has 0 spiro atoms. The van der Waals surface area contributed by atoms with Gasteiger partial charge in [-0.15, -0.1) is 0 Å². The molecule has 2 N–H and O–H groups in total. The lowest BCUT2D eigenvalue weighted by molar-refractivity contribution is 0.0940. The first-order valence-corrected chi connectivity index (χ1v) is 6.21. The molecule has 2 rings (SSSR count). The van der Waals surface area contributed by atoms with Gasteiger partial charge < -0.3 is 9.73 Å². The predicted molar refractivity (Wildman–Crippen MR) is 75.8 cm³/mol. The number of nitrogens with one attached hydrogen (secondary N) is 2. The summed E-state index contributed by atoms with van der Waals surface area (Å²) in [5.41, 5.74) is 3.73. The molecule has 1 heterocycles. The van der Waals surface area contributed by atoms with E-state index in [-0.39, 0.29) is 5.76 Å². The third-order valence-electron chi connectivity index (χ3n) is 2.89. The monoisotopic (exact) mass is 272 g/mol. The molecule has 1 aromatic heterocycles. The molecule has 5 nitrogen and oxygen atoms in total. The van der Waals surface area contributed by atoms with Crippen LogP contribution in [0.3, 0.4) is 0 Å². The summed E-state index contributed by atoms with van der Waals surface area (Å²) in [7, 11) is 0. The van der Waals surface area contributed by atoms with Crippen LogP contribution in [-0.2, 0) is 0 Å². The fraction of sp³-hybridized carbons (Fsp3) is 0.200. The zero-order valence-electron chi connectivity index (χ0n) is 11.6. The quantitative estimate of drug-likeness (QED) is 0.882.